The van der Waals surface area contributed by atoms with Gasteiger partial charge in [-0.05, 0) is 62.3 Å². The highest BCUT2D eigenvalue weighted by atomic mass is 32.2. The van der Waals surface area contributed by atoms with E-state index in [-0.39, 0.29) is 23.1 Å². The number of anilines is 1. The molecule has 0 saturated heterocycles. The van der Waals surface area contributed by atoms with Crippen LogP contribution in [0.15, 0.2) is 17.4 Å². The number of sulfone groups is 1. The molecule has 4 aliphatic carbocycles. The molecule has 4 saturated carbocycles. The summed E-state index contributed by atoms with van der Waals surface area (Å²) in [6.45, 7) is 0.0853. The molecule has 7 nitrogen and oxygen atoms in total. The molecule has 0 radical (unpaired) electrons. The molecule has 0 aliphatic heterocycles. The number of rotatable bonds is 5. The van der Waals surface area contributed by atoms with E-state index < -0.39 is 9.84 Å². The van der Waals surface area contributed by atoms with Gasteiger partial charge in [0.2, 0.25) is 20.9 Å². The first kappa shape index (κ1) is 16.8. The van der Waals surface area contributed by atoms with Crippen LogP contribution in [0.5, 0.6) is 0 Å². The Morgan fingerprint density at radius 2 is 1.80 bits per heavy atom. The number of amides is 1. The smallest absolute Gasteiger partial charge is 0.248 e. The van der Waals surface area contributed by atoms with Gasteiger partial charge in [-0.15, -0.1) is 0 Å². The van der Waals surface area contributed by atoms with Gasteiger partial charge in [0.1, 0.15) is 5.82 Å². The zero-order chi connectivity index (χ0) is 17.7. The van der Waals surface area contributed by atoms with Gasteiger partial charge in [-0.25, -0.2) is 18.4 Å². The van der Waals surface area contributed by atoms with Gasteiger partial charge in [0, 0.05) is 18.0 Å². The van der Waals surface area contributed by atoms with Crippen molar-refractivity contribution in [3.05, 3.63) is 12.3 Å². The van der Waals surface area contributed by atoms with Gasteiger partial charge in [0.25, 0.3) is 0 Å². The second kappa shape index (κ2) is 5.93. The van der Waals surface area contributed by atoms with Gasteiger partial charge in [0.15, 0.2) is 0 Å². The van der Waals surface area contributed by atoms with Gasteiger partial charge >= 0.3 is 0 Å². The van der Waals surface area contributed by atoms with Crippen LogP contribution in [-0.2, 0) is 14.6 Å². The lowest BCUT2D eigenvalue weighted by Crippen LogP contribution is -2.60. The fourth-order valence-electron chi connectivity index (χ4n) is 5.39. The molecule has 0 spiro atoms. The lowest BCUT2D eigenvalue weighted by atomic mass is 9.53. The number of carbonyl (C=O) groups excluding carboxylic acids is 1. The van der Waals surface area contributed by atoms with E-state index in [2.05, 4.69) is 20.6 Å². The number of nitrogens with zero attached hydrogens (tertiary/aromatic N) is 2. The quantitative estimate of drug-likeness (QED) is 0.766. The van der Waals surface area contributed by atoms with Crippen LogP contribution in [0, 0.1) is 17.8 Å². The maximum absolute atomic E-state index is 12.4. The third-order valence-electron chi connectivity index (χ3n) is 5.84. The van der Waals surface area contributed by atoms with Crippen LogP contribution in [0.2, 0.25) is 0 Å². The molecule has 1 aromatic heterocycles. The Morgan fingerprint density at radius 1 is 1.20 bits per heavy atom. The van der Waals surface area contributed by atoms with Gasteiger partial charge < -0.3 is 10.6 Å². The molecular formula is C17H24N4O3S. The summed E-state index contributed by atoms with van der Waals surface area (Å²) in [5, 5.41) is 5.95. The van der Waals surface area contributed by atoms with Crippen molar-refractivity contribution in [1.29, 1.82) is 0 Å². The predicted octanol–water partition coefficient (Wildman–Crippen LogP) is 1.38. The van der Waals surface area contributed by atoms with E-state index in [4.69, 9.17) is 0 Å². The average Bonchev–Trinajstić information content (AvgIpc) is 2.50. The first-order valence-corrected chi connectivity index (χ1v) is 10.8. The van der Waals surface area contributed by atoms with Gasteiger partial charge in [-0.3, -0.25) is 4.79 Å². The molecular weight excluding hydrogens is 340 g/mol. The number of hydrogen-bond donors (Lipinski definition) is 2. The lowest BCUT2D eigenvalue weighted by Gasteiger charge is -2.56. The Labute approximate surface area is 147 Å². The molecule has 1 heterocycles. The van der Waals surface area contributed by atoms with Gasteiger partial charge in [-0.1, -0.05) is 0 Å². The summed E-state index contributed by atoms with van der Waals surface area (Å²) in [6, 6.07) is 1.56. The normalized spacial score (nSPS) is 33.2. The Morgan fingerprint density at radius 3 is 2.36 bits per heavy atom. The first-order chi connectivity index (χ1) is 11.8. The highest BCUT2D eigenvalue weighted by molar-refractivity contribution is 7.90. The molecule has 0 atom stereocenters. The van der Waals surface area contributed by atoms with Crippen LogP contribution in [0.3, 0.4) is 0 Å². The van der Waals surface area contributed by atoms with Crippen LogP contribution >= 0.6 is 0 Å². The largest absolute Gasteiger partial charge is 0.361 e. The standard InChI is InChI=1S/C17H24N4O3S/c1-25(23,24)16-18-3-2-14(20-16)19-10-15(22)21-17-7-11-4-12(8-17)6-13(5-11)9-17/h2-3,11-13H,4-10H2,1H3,(H,21,22)(H,18,19,20). The average molecular weight is 364 g/mol. The molecule has 5 rings (SSSR count). The van der Waals surface area contributed by atoms with Crippen LogP contribution in [-0.4, -0.2) is 42.6 Å². The summed E-state index contributed by atoms with van der Waals surface area (Å²) < 4.78 is 23.0. The molecule has 25 heavy (non-hydrogen) atoms. The Balaban J connectivity index is 1.37. The number of aromatic nitrogens is 2. The molecule has 0 aromatic carbocycles. The summed E-state index contributed by atoms with van der Waals surface area (Å²) >= 11 is 0. The molecule has 4 aliphatic rings. The van der Waals surface area contributed by atoms with Crippen molar-refractivity contribution in [2.24, 2.45) is 17.8 Å². The Bertz CT molecular complexity index is 758. The molecule has 4 bridgehead atoms. The zero-order valence-electron chi connectivity index (χ0n) is 14.4. The summed E-state index contributed by atoms with van der Waals surface area (Å²) in [5.41, 5.74) is -0.0168. The van der Waals surface area contributed by atoms with Crippen molar-refractivity contribution in [2.75, 3.05) is 18.1 Å². The second-order valence-corrected chi connectivity index (χ2v) is 10.0. The summed E-state index contributed by atoms with van der Waals surface area (Å²) in [7, 11) is -3.46. The Hall–Kier alpha value is -1.70. The second-order valence-electron chi connectivity index (χ2n) is 8.10. The zero-order valence-corrected chi connectivity index (χ0v) is 15.2. The van der Waals surface area contributed by atoms with E-state index in [1.165, 1.54) is 25.5 Å². The van der Waals surface area contributed by atoms with Crippen LogP contribution in [0.4, 0.5) is 5.82 Å². The monoisotopic (exact) mass is 364 g/mol. The van der Waals surface area contributed by atoms with Crippen molar-refractivity contribution in [3.63, 3.8) is 0 Å². The Kier molecular flexibility index (Phi) is 3.97. The van der Waals surface area contributed by atoms with Crippen molar-refractivity contribution >= 4 is 21.6 Å². The lowest BCUT2D eigenvalue weighted by molar-refractivity contribution is -0.125. The maximum Gasteiger partial charge on any atom is 0.248 e. The van der Waals surface area contributed by atoms with Crippen molar-refractivity contribution in [3.8, 4) is 0 Å². The van der Waals surface area contributed by atoms with Crippen molar-refractivity contribution in [1.82, 2.24) is 15.3 Å². The van der Waals surface area contributed by atoms with E-state index in [9.17, 15) is 13.2 Å². The SMILES string of the molecule is CS(=O)(=O)c1nccc(NCC(=O)NC23CC4CC(CC(C4)C2)C3)n1. The van der Waals surface area contributed by atoms with Crippen LogP contribution < -0.4 is 10.6 Å². The highest BCUT2D eigenvalue weighted by Gasteiger charge is 2.51. The van der Waals surface area contributed by atoms with Crippen LogP contribution in [0.1, 0.15) is 38.5 Å². The summed E-state index contributed by atoms with van der Waals surface area (Å²) in [4.78, 5) is 20.1. The van der Waals surface area contributed by atoms with Crippen molar-refractivity contribution < 1.29 is 13.2 Å². The number of hydrogen-bond acceptors (Lipinski definition) is 6. The van der Waals surface area contributed by atoms with Gasteiger partial charge in [0.05, 0.1) is 6.54 Å². The highest BCUT2D eigenvalue weighted by Crippen LogP contribution is 2.55. The van der Waals surface area contributed by atoms with E-state index in [1.807, 2.05) is 0 Å². The molecule has 1 aromatic rings. The van der Waals surface area contributed by atoms with E-state index >= 15 is 0 Å². The molecule has 136 valence electrons. The molecule has 1 amide bonds. The molecule has 8 heteroatoms. The fraction of sp³-hybridized carbons (Fsp3) is 0.706. The minimum absolute atomic E-state index is 0.0168. The molecule has 0 unspecified atom stereocenters. The fourth-order valence-corrected chi connectivity index (χ4v) is 5.91. The van der Waals surface area contributed by atoms with Crippen LogP contribution in [0.25, 0.3) is 0 Å². The van der Waals surface area contributed by atoms with E-state index in [1.54, 1.807) is 6.07 Å². The van der Waals surface area contributed by atoms with Crippen molar-refractivity contribution in [2.45, 2.75) is 49.2 Å². The minimum atomic E-state index is -3.46. The third kappa shape index (κ3) is 3.49. The number of carbonyl (C=O) groups is 1. The molecule has 4 fully saturated rings. The maximum atomic E-state index is 12.4. The predicted molar refractivity (Wildman–Crippen MR) is 92.7 cm³/mol. The van der Waals surface area contributed by atoms with Gasteiger partial charge in [-0.2, -0.15) is 0 Å². The number of nitrogens with one attached hydrogen (secondary N) is 2. The molecule has 2 N–H and O–H groups in total. The topological polar surface area (TPSA) is 101 Å². The first-order valence-electron chi connectivity index (χ1n) is 8.89. The minimum Gasteiger partial charge on any atom is -0.361 e. The summed E-state index contributed by atoms with van der Waals surface area (Å²) in [5.74, 6) is 2.62. The third-order valence-corrected chi connectivity index (χ3v) is 6.70. The summed E-state index contributed by atoms with van der Waals surface area (Å²) in [6.07, 6.45) is 9.77. The van der Waals surface area contributed by atoms with E-state index in [0.29, 0.717) is 5.82 Å². The van der Waals surface area contributed by atoms with E-state index in [0.717, 1.165) is 43.3 Å².